The fraction of sp³-hybridized carbons (Fsp3) is 0.306. The Hall–Kier alpha value is -4.54. The Balaban J connectivity index is 1.28. The molecule has 3 aromatic carbocycles. The quantitative estimate of drug-likeness (QED) is 0.272. The van der Waals surface area contributed by atoms with E-state index in [1.165, 1.54) is 27.9 Å². The first-order chi connectivity index (χ1) is 22.0. The van der Waals surface area contributed by atoms with Crippen molar-refractivity contribution in [2.45, 2.75) is 42.7 Å². The molecule has 1 N–H and O–H groups in total. The van der Waals surface area contributed by atoms with Crippen molar-refractivity contribution in [3.05, 3.63) is 89.2 Å². The number of hydrogen-bond acceptors (Lipinski definition) is 7. The average Bonchev–Trinajstić information content (AvgIpc) is 3.47. The van der Waals surface area contributed by atoms with Crippen LogP contribution in [-0.4, -0.2) is 85.9 Å². The van der Waals surface area contributed by atoms with Gasteiger partial charge in [0, 0.05) is 68.3 Å². The maximum Gasteiger partial charge on any atom is 0.253 e. The van der Waals surface area contributed by atoms with Crippen LogP contribution in [0.25, 0.3) is 33.4 Å². The van der Waals surface area contributed by atoms with Crippen LogP contribution < -0.4 is 4.90 Å². The Morgan fingerprint density at radius 3 is 2.52 bits per heavy atom. The van der Waals surface area contributed by atoms with Gasteiger partial charge >= 0.3 is 0 Å². The first-order valence-corrected chi connectivity index (χ1v) is 17.1. The molecule has 0 aliphatic carbocycles. The lowest BCUT2D eigenvalue weighted by Crippen LogP contribution is -2.54. The van der Waals surface area contributed by atoms with E-state index in [-0.39, 0.29) is 15.8 Å². The van der Waals surface area contributed by atoms with E-state index in [2.05, 4.69) is 50.9 Å². The van der Waals surface area contributed by atoms with Crippen molar-refractivity contribution in [2.75, 3.05) is 45.7 Å². The third-order valence-electron chi connectivity index (χ3n) is 9.32. The molecule has 0 spiro atoms. The van der Waals surface area contributed by atoms with Gasteiger partial charge in [-0.3, -0.25) is 4.79 Å². The molecule has 236 valence electrons. The largest absolute Gasteiger partial charge is 0.366 e. The normalized spacial score (nSPS) is 16.7. The van der Waals surface area contributed by atoms with Gasteiger partial charge in [0.2, 0.25) is 9.84 Å². The number of nitrogens with zero attached hydrogens (tertiary/aromatic N) is 5. The molecular weight excluding hydrogens is 597 g/mol. The van der Waals surface area contributed by atoms with E-state index in [0.717, 1.165) is 49.2 Å². The summed E-state index contributed by atoms with van der Waals surface area (Å²) in [5, 5.41) is -0.109. The van der Waals surface area contributed by atoms with Gasteiger partial charge in [-0.2, -0.15) is 0 Å². The molecule has 0 saturated carbocycles. The Labute approximate surface area is 269 Å². The highest BCUT2D eigenvalue weighted by molar-refractivity contribution is 7.91. The fourth-order valence-electron chi connectivity index (χ4n) is 6.96. The van der Waals surface area contributed by atoms with E-state index in [4.69, 9.17) is 0 Å². The lowest BCUT2D eigenvalue weighted by atomic mass is 9.88. The Bertz CT molecular complexity index is 2100. The number of benzene rings is 3. The van der Waals surface area contributed by atoms with Crippen molar-refractivity contribution in [1.82, 2.24) is 24.8 Å². The Morgan fingerprint density at radius 2 is 1.76 bits per heavy atom. The zero-order valence-corrected chi connectivity index (χ0v) is 27.6. The third kappa shape index (κ3) is 5.15. The summed E-state index contributed by atoms with van der Waals surface area (Å²) in [7, 11) is 1.56. The molecule has 9 nitrogen and oxygen atoms in total. The number of carbonyl (C=O) groups excluding carboxylic acids is 1. The van der Waals surface area contributed by atoms with Crippen molar-refractivity contribution in [3.63, 3.8) is 0 Å². The number of carbonyl (C=O) groups is 1. The number of fused-ring (bicyclic) bond motifs is 4. The monoisotopic (exact) mass is 634 g/mol. The van der Waals surface area contributed by atoms with Crippen molar-refractivity contribution in [1.29, 1.82) is 0 Å². The number of H-pyrrole nitrogens is 1. The van der Waals surface area contributed by atoms with Crippen LogP contribution in [0.3, 0.4) is 0 Å². The summed E-state index contributed by atoms with van der Waals surface area (Å²) in [5.74, 6) is -0.0924. The smallest absolute Gasteiger partial charge is 0.253 e. The number of amides is 1. The number of anilines is 1. The number of nitrogens with one attached hydrogen (secondary N) is 1. The Kier molecular flexibility index (Phi) is 7.44. The van der Waals surface area contributed by atoms with Crippen LogP contribution in [0.5, 0.6) is 0 Å². The molecule has 2 aliphatic rings. The molecule has 7 rings (SSSR count). The number of piperazine rings is 1. The number of likely N-dealkylation sites (N-methyl/N-ethyl adjacent to an activating group) is 1. The maximum absolute atomic E-state index is 14.4. The van der Waals surface area contributed by atoms with E-state index in [9.17, 15) is 13.2 Å². The number of aromatic nitrogens is 3. The Morgan fingerprint density at radius 1 is 0.978 bits per heavy atom. The van der Waals surface area contributed by atoms with Gasteiger partial charge in [0.15, 0.2) is 10.7 Å². The number of sulfone groups is 1. The maximum atomic E-state index is 14.4. The molecule has 46 heavy (non-hydrogen) atoms. The summed E-state index contributed by atoms with van der Waals surface area (Å²) >= 11 is 0. The minimum absolute atomic E-state index is 0.0924. The molecule has 1 unspecified atom stereocenters. The standard InChI is InChI=1S/C36H38N6O3S/c1-22-6-13-29(27-17-23(2)34-26(18-27)11-12-28-21-41(5)14-15-42(28)34)31(16-22)46(44,45)32-20-38-35-33(39-32)30(19-37-35)24-7-9-25(10-8-24)36(43)40(3)4/h6-10,13,16-20,28H,11-12,14-15,21H2,1-5H3,(H,37,38). The number of aryl methyl sites for hydroxylation is 3. The summed E-state index contributed by atoms with van der Waals surface area (Å²) in [4.78, 5) is 31.3. The van der Waals surface area contributed by atoms with Crippen molar-refractivity contribution in [2.24, 2.45) is 0 Å². The number of rotatable bonds is 5. The molecule has 1 atom stereocenters. The van der Waals surface area contributed by atoms with Gasteiger partial charge < -0.3 is 19.7 Å². The van der Waals surface area contributed by atoms with Crippen LogP contribution in [0.2, 0.25) is 0 Å². The summed E-state index contributed by atoms with van der Waals surface area (Å²) in [5.41, 5.74) is 9.16. The lowest BCUT2D eigenvalue weighted by molar-refractivity contribution is 0.0827. The zero-order chi connectivity index (χ0) is 32.3. The average molecular weight is 635 g/mol. The zero-order valence-electron chi connectivity index (χ0n) is 26.8. The minimum Gasteiger partial charge on any atom is -0.366 e. The number of hydrogen-bond donors (Lipinski definition) is 1. The topological polar surface area (TPSA) is 102 Å². The molecule has 10 heteroatoms. The molecule has 0 bridgehead atoms. The highest BCUT2D eigenvalue weighted by atomic mass is 32.2. The third-order valence-corrected chi connectivity index (χ3v) is 11.0. The van der Waals surface area contributed by atoms with Crippen LogP contribution in [0.4, 0.5) is 5.69 Å². The van der Waals surface area contributed by atoms with E-state index >= 15 is 0 Å². The fourth-order valence-corrected chi connectivity index (χ4v) is 8.41. The predicted molar refractivity (Wildman–Crippen MR) is 181 cm³/mol. The van der Waals surface area contributed by atoms with Crippen LogP contribution in [0.1, 0.15) is 33.5 Å². The molecule has 1 saturated heterocycles. The van der Waals surface area contributed by atoms with Crippen LogP contribution in [-0.2, 0) is 16.3 Å². The van der Waals surface area contributed by atoms with Crippen molar-refractivity contribution in [3.8, 4) is 22.3 Å². The van der Waals surface area contributed by atoms with Gasteiger partial charge in [0.1, 0.15) is 5.52 Å². The summed E-state index contributed by atoms with van der Waals surface area (Å²) in [6.45, 7) is 7.14. The van der Waals surface area contributed by atoms with Gasteiger partial charge in [-0.15, -0.1) is 0 Å². The molecule has 4 heterocycles. The van der Waals surface area contributed by atoms with Crippen LogP contribution in [0, 0.1) is 13.8 Å². The second-order valence-electron chi connectivity index (χ2n) is 12.8. The van der Waals surface area contributed by atoms with Gasteiger partial charge in [-0.1, -0.05) is 24.3 Å². The van der Waals surface area contributed by atoms with Gasteiger partial charge in [0.05, 0.1) is 11.1 Å². The molecule has 2 aliphatic heterocycles. The molecule has 0 radical (unpaired) electrons. The second-order valence-corrected chi connectivity index (χ2v) is 14.7. The van der Waals surface area contributed by atoms with Gasteiger partial charge in [-0.05, 0) is 91.9 Å². The van der Waals surface area contributed by atoms with Crippen molar-refractivity contribution >= 4 is 32.6 Å². The van der Waals surface area contributed by atoms with E-state index in [0.29, 0.717) is 33.9 Å². The van der Waals surface area contributed by atoms with Crippen molar-refractivity contribution < 1.29 is 13.2 Å². The summed E-state index contributed by atoms with van der Waals surface area (Å²) in [6.07, 6.45) is 5.15. The van der Waals surface area contributed by atoms with E-state index in [1.807, 2.05) is 31.2 Å². The van der Waals surface area contributed by atoms with E-state index in [1.54, 1.807) is 38.5 Å². The minimum atomic E-state index is -4.05. The summed E-state index contributed by atoms with van der Waals surface area (Å²) in [6, 6.07) is 17.6. The van der Waals surface area contributed by atoms with Crippen LogP contribution in [0.15, 0.2) is 76.9 Å². The van der Waals surface area contributed by atoms with E-state index < -0.39 is 9.84 Å². The molecule has 1 amide bonds. The highest BCUT2D eigenvalue weighted by Gasteiger charge is 2.32. The highest BCUT2D eigenvalue weighted by Crippen LogP contribution is 2.40. The van der Waals surface area contributed by atoms with Gasteiger partial charge in [-0.25, -0.2) is 18.4 Å². The SMILES string of the molecule is Cc1ccc(-c2cc(C)c3c(c2)CCC2CN(C)CCN32)c(S(=O)(=O)c2cnc3[nH]cc(-c4ccc(C(=O)N(C)C)cc4)c3n2)c1. The second kappa shape index (κ2) is 11.4. The van der Waals surface area contributed by atoms with Gasteiger partial charge in [0.25, 0.3) is 5.91 Å². The number of aromatic amines is 1. The van der Waals surface area contributed by atoms with Crippen LogP contribution >= 0.6 is 0 Å². The first kappa shape index (κ1) is 30.1. The first-order valence-electron chi connectivity index (χ1n) is 15.6. The molecule has 5 aromatic rings. The molecule has 2 aromatic heterocycles. The summed E-state index contributed by atoms with van der Waals surface area (Å²) < 4.78 is 28.8. The molecule has 1 fully saturated rings. The lowest BCUT2D eigenvalue weighted by Gasteiger charge is -2.46. The molecular formula is C36H38N6O3S. The predicted octanol–water partition coefficient (Wildman–Crippen LogP) is 5.51.